The third-order valence-corrected chi connectivity index (χ3v) is 5.94. The molecule has 0 radical (unpaired) electrons. The highest BCUT2D eigenvalue weighted by Crippen LogP contribution is 2.79. The maximum Gasteiger partial charge on any atom is 0.320 e. The van der Waals surface area contributed by atoms with Crippen LogP contribution >= 0.6 is 0 Å². The molecule has 5 aliphatic rings. The molecular weight excluding hydrogens is 220 g/mol. The highest BCUT2D eigenvalue weighted by Gasteiger charge is 2.86. The first-order chi connectivity index (χ1) is 8.19. The molecule has 17 heavy (non-hydrogen) atoms. The lowest BCUT2D eigenvalue weighted by Gasteiger charge is -2.65. The van der Waals surface area contributed by atoms with Gasteiger partial charge in [-0.05, 0) is 31.1 Å². The van der Waals surface area contributed by atoms with Crippen molar-refractivity contribution in [1.82, 2.24) is 0 Å². The number of ketones is 1. The summed E-state index contributed by atoms with van der Waals surface area (Å²) in [5.41, 5.74) is -1.02. The Morgan fingerprint density at radius 3 is 2.94 bits per heavy atom. The van der Waals surface area contributed by atoms with Crippen LogP contribution in [0, 0.1) is 22.7 Å². The van der Waals surface area contributed by atoms with Gasteiger partial charge >= 0.3 is 5.97 Å². The van der Waals surface area contributed by atoms with Gasteiger partial charge in [0.1, 0.15) is 5.41 Å². The molecule has 1 heterocycles. The van der Waals surface area contributed by atoms with Crippen LogP contribution < -0.4 is 0 Å². The van der Waals surface area contributed by atoms with Crippen molar-refractivity contribution in [2.24, 2.45) is 22.7 Å². The molecule has 5 rings (SSSR count). The molecule has 1 aliphatic heterocycles. The van der Waals surface area contributed by atoms with E-state index < -0.39 is 5.41 Å². The molecule has 92 valence electrons. The molecule has 0 N–H and O–H groups in total. The lowest BCUT2D eigenvalue weighted by molar-refractivity contribution is -0.225. The van der Waals surface area contributed by atoms with Crippen molar-refractivity contribution >= 4 is 11.8 Å². The summed E-state index contributed by atoms with van der Waals surface area (Å²) in [5.74, 6) is 0.424. The summed E-state index contributed by atoms with van der Waals surface area (Å²) < 4.78 is 10.8. The fraction of sp³-hybridized carbons (Fsp3) is 0.846. The van der Waals surface area contributed by atoms with Crippen LogP contribution in [0.4, 0.5) is 0 Å². The molecular formula is C13H16O4. The predicted molar refractivity (Wildman–Crippen MR) is 57.1 cm³/mol. The second kappa shape index (κ2) is 2.74. The smallest absolute Gasteiger partial charge is 0.320 e. The molecule has 1 spiro atoms. The standard InChI is InChI=1S/C13H16O4/c1-16-11(15)13-7-2-3-10-12(13,5-4-9(13)14)8(7)6-17-10/h7-8,10H,2-6H2,1H3/t7-,8+,10+,12-,13-/m1/s1. The number of carbonyl (C=O) groups is 2. The average Bonchev–Trinajstić information content (AvgIpc) is 2.69. The molecule has 0 aromatic carbocycles. The SMILES string of the molecule is COC(=O)[C@@]12C(=O)CC[C@@]13[C@@H]1CC[C@@H]2[C@@H]3CO1. The topological polar surface area (TPSA) is 52.6 Å². The van der Waals surface area contributed by atoms with Crippen molar-refractivity contribution in [3.63, 3.8) is 0 Å². The summed E-state index contributed by atoms with van der Waals surface area (Å²) in [4.78, 5) is 24.6. The van der Waals surface area contributed by atoms with Gasteiger partial charge in [0.2, 0.25) is 0 Å². The number of hydrogen-bond donors (Lipinski definition) is 0. The summed E-state index contributed by atoms with van der Waals surface area (Å²) in [6, 6.07) is 0. The number of Topliss-reactive ketones (excluding diaryl/α,β-unsaturated/α-hetero) is 1. The van der Waals surface area contributed by atoms with E-state index in [9.17, 15) is 9.59 Å². The highest BCUT2D eigenvalue weighted by molar-refractivity contribution is 6.09. The Morgan fingerprint density at radius 1 is 1.41 bits per heavy atom. The van der Waals surface area contributed by atoms with Gasteiger partial charge in [0.05, 0.1) is 19.8 Å². The van der Waals surface area contributed by atoms with E-state index in [1.807, 2.05) is 0 Å². The van der Waals surface area contributed by atoms with Gasteiger partial charge in [-0.25, -0.2) is 0 Å². The third kappa shape index (κ3) is 0.717. The lowest BCUT2D eigenvalue weighted by Crippen LogP contribution is -2.73. The Labute approximate surface area is 99.6 Å². The second-order valence-electron chi connectivity index (χ2n) is 5.88. The number of rotatable bonds is 1. The minimum absolute atomic E-state index is 0.112. The molecule has 4 aliphatic carbocycles. The fourth-order valence-electron chi connectivity index (χ4n) is 5.56. The summed E-state index contributed by atoms with van der Waals surface area (Å²) in [5, 5.41) is 0. The molecule has 0 amide bonds. The van der Waals surface area contributed by atoms with Crippen molar-refractivity contribution < 1.29 is 19.1 Å². The van der Waals surface area contributed by atoms with E-state index >= 15 is 0 Å². The normalized spacial score (nSPS) is 54.2. The first kappa shape index (κ1) is 10.1. The summed E-state index contributed by atoms with van der Waals surface area (Å²) in [7, 11) is 1.40. The van der Waals surface area contributed by atoms with Crippen LogP contribution in [0.1, 0.15) is 25.7 Å². The van der Waals surface area contributed by atoms with Crippen LogP contribution in [0.5, 0.6) is 0 Å². The van der Waals surface area contributed by atoms with Gasteiger partial charge in [0, 0.05) is 11.8 Å². The van der Waals surface area contributed by atoms with Crippen LogP contribution in [0.25, 0.3) is 0 Å². The van der Waals surface area contributed by atoms with Gasteiger partial charge in [0.25, 0.3) is 0 Å². The van der Waals surface area contributed by atoms with E-state index in [4.69, 9.17) is 9.47 Å². The molecule has 0 unspecified atom stereocenters. The Balaban J connectivity index is 1.92. The van der Waals surface area contributed by atoms with E-state index in [0.717, 1.165) is 25.9 Å². The van der Waals surface area contributed by atoms with Gasteiger partial charge in [0.15, 0.2) is 5.78 Å². The molecule has 0 aromatic heterocycles. The van der Waals surface area contributed by atoms with Gasteiger partial charge in [-0.15, -0.1) is 0 Å². The predicted octanol–water partition coefficient (Wildman–Crippen LogP) is 0.934. The van der Waals surface area contributed by atoms with E-state index in [1.165, 1.54) is 7.11 Å². The lowest BCUT2D eigenvalue weighted by atomic mass is 9.34. The minimum atomic E-state index is -0.828. The zero-order valence-electron chi connectivity index (χ0n) is 9.90. The van der Waals surface area contributed by atoms with Gasteiger partial charge in [-0.1, -0.05) is 0 Å². The van der Waals surface area contributed by atoms with Gasteiger partial charge < -0.3 is 9.47 Å². The molecule has 4 nitrogen and oxygen atoms in total. The van der Waals surface area contributed by atoms with Crippen LogP contribution in [-0.2, 0) is 19.1 Å². The maximum absolute atomic E-state index is 12.3. The number of carbonyl (C=O) groups excluding carboxylic acids is 2. The summed E-state index contributed by atoms with van der Waals surface area (Å²) in [6.07, 6.45) is 3.42. The Kier molecular flexibility index (Phi) is 1.62. The molecule has 4 saturated carbocycles. The Morgan fingerprint density at radius 2 is 2.24 bits per heavy atom. The number of hydrogen-bond acceptors (Lipinski definition) is 4. The van der Waals surface area contributed by atoms with Crippen molar-refractivity contribution in [3.05, 3.63) is 0 Å². The number of ether oxygens (including phenoxy) is 2. The van der Waals surface area contributed by atoms with Crippen LogP contribution in [0.2, 0.25) is 0 Å². The van der Waals surface area contributed by atoms with Gasteiger partial charge in [-0.3, -0.25) is 9.59 Å². The van der Waals surface area contributed by atoms with Crippen molar-refractivity contribution in [2.45, 2.75) is 31.8 Å². The third-order valence-electron chi connectivity index (χ3n) is 5.94. The van der Waals surface area contributed by atoms with Crippen LogP contribution in [-0.4, -0.2) is 31.6 Å². The molecule has 1 saturated heterocycles. The average molecular weight is 236 g/mol. The van der Waals surface area contributed by atoms with E-state index in [1.54, 1.807) is 0 Å². The first-order valence-electron chi connectivity index (χ1n) is 6.43. The van der Waals surface area contributed by atoms with E-state index in [-0.39, 0.29) is 29.2 Å². The summed E-state index contributed by atoms with van der Waals surface area (Å²) in [6.45, 7) is 0.737. The van der Waals surface area contributed by atoms with Crippen molar-refractivity contribution in [1.29, 1.82) is 0 Å². The van der Waals surface area contributed by atoms with Crippen molar-refractivity contribution in [2.75, 3.05) is 13.7 Å². The monoisotopic (exact) mass is 236 g/mol. The molecule has 4 bridgehead atoms. The largest absolute Gasteiger partial charge is 0.468 e. The van der Waals surface area contributed by atoms with E-state index in [0.29, 0.717) is 12.3 Å². The Bertz CT molecular complexity index is 420. The van der Waals surface area contributed by atoms with Crippen LogP contribution in [0.15, 0.2) is 0 Å². The second-order valence-corrected chi connectivity index (χ2v) is 5.88. The molecule has 4 heteroatoms. The fourth-order valence-corrected chi connectivity index (χ4v) is 5.56. The quantitative estimate of drug-likeness (QED) is 0.502. The number of esters is 1. The van der Waals surface area contributed by atoms with Crippen molar-refractivity contribution in [3.8, 4) is 0 Å². The Hall–Kier alpha value is -0.900. The number of methoxy groups -OCH3 is 1. The minimum Gasteiger partial charge on any atom is -0.468 e. The first-order valence-corrected chi connectivity index (χ1v) is 6.43. The van der Waals surface area contributed by atoms with Crippen LogP contribution in [0.3, 0.4) is 0 Å². The zero-order valence-corrected chi connectivity index (χ0v) is 9.90. The number of fused-ring (bicyclic) bond motifs is 1. The molecule has 0 aromatic rings. The van der Waals surface area contributed by atoms with Gasteiger partial charge in [-0.2, -0.15) is 0 Å². The molecule has 5 atom stereocenters. The molecule has 5 fully saturated rings. The van der Waals surface area contributed by atoms with E-state index in [2.05, 4.69) is 0 Å². The highest BCUT2D eigenvalue weighted by atomic mass is 16.5. The zero-order chi connectivity index (χ0) is 11.8. The maximum atomic E-state index is 12.3. The summed E-state index contributed by atoms with van der Waals surface area (Å²) >= 11 is 0.